The van der Waals surface area contributed by atoms with E-state index in [2.05, 4.69) is 20.2 Å². The van der Waals surface area contributed by atoms with Gasteiger partial charge in [-0.25, -0.2) is 13.9 Å². The van der Waals surface area contributed by atoms with E-state index >= 15 is 0 Å². The Kier molecular flexibility index (Phi) is 10.4. The fraction of sp³-hybridized carbons (Fsp3) is 0.333. The van der Waals surface area contributed by atoms with E-state index in [1.54, 1.807) is 6.07 Å². The van der Waals surface area contributed by atoms with Crippen LogP contribution in [0.2, 0.25) is 5.02 Å². The van der Waals surface area contributed by atoms with Crippen LogP contribution in [-0.2, 0) is 16.0 Å². The van der Waals surface area contributed by atoms with Crippen molar-refractivity contribution in [1.29, 1.82) is 0 Å². The number of anilines is 3. The molecule has 0 saturated carbocycles. The number of aromatic nitrogens is 2. The summed E-state index contributed by atoms with van der Waals surface area (Å²) >= 11 is 5.99. The molecule has 1 saturated heterocycles. The summed E-state index contributed by atoms with van der Waals surface area (Å²) in [6.07, 6.45) is 3.73. The second kappa shape index (κ2) is 14.9. The van der Waals surface area contributed by atoms with E-state index in [0.29, 0.717) is 24.3 Å². The highest BCUT2D eigenvalue weighted by Gasteiger charge is 2.39. The van der Waals surface area contributed by atoms with Gasteiger partial charge in [0.25, 0.3) is 11.8 Å². The number of nitrogens with zero attached hydrogens (tertiary/aromatic N) is 5. The van der Waals surface area contributed by atoms with Gasteiger partial charge in [0.2, 0.25) is 0 Å². The first-order valence-electron chi connectivity index (χ1n) is 16.4. The molecule has 2 amide bonds. The minimum Gasteiger partial charge on any atom is -0.478 e. The maximum Gasteiger partial charge on any atom is 0.335 e. The van der Waals surface area contributed by atoms with E-state index in [0.717, 1.165) is 48.4 Å². The number of carboxylic acid groups (broad SMARTS) is 1. The molecule has 0 aliphatic carbocycles. The zero-order valence-electron chi connectivity index (χ0n) is 27.8. The Bertz CT molecular complexity index is 1890. The molecule has 0 spiro atoms. The number of fused-ring (bicyclic) bond motifs is 1. The molecule has 12 nitrogen and oxygen atoms in total. The number of piperidine rings is 1. The van der Waals surface area contributed by atoms with Gasteiger partial charge in [-0.2, -0.15) is 0 Å². The molecule has 1 aromatic heterocycles. The zero-order chi connectivity index (χ0) is 35.5. The van der Waals surface area contributed by atoms with E-state index in [1.807, 2.05) is 32.3 Å². The van der Waals surface area contributed by atoms with Gasteiger partial charge in [0.15, 0.2) is 11.6 Å². The predicted molar refractivity (Wildman–Crippen MR) is 189 cm³/mol. The van der Waals surface area contributed by atoms with Crippen molar-refractivity contribution >= 4 is 46.6 Å². The molecular weight excluding hydrogens is 665 g/mol. The summed E-state index contributed by atoms with van der Waals surface area (Å²) in [5.41, 5.74) is 9.33. The molecule has 262 valence electrons. The lowest BCUT2D eigenvalue weighted by Gasteiger charge is -2.40. The van der Waals surface area contributed by atoms with E-state index in [-0.39, 0.29) is 40.3 Å². The maximum absolute atomic E-state index is 14.9. The molecule has 50 heavy (non-hydrogen) atoms. The van der Waals surface area contributed by atoms with Gasteiger partial charge in [-0.1, -0.05) is 29.8 Å². The van der Waals surface area contributed by atoms with Gasteiger partial charge in [0, 0.05) is 43.8 Å². The van der Waals surface area contributed by atoms with Crippen LogP contribution in [0.15, 0.2) is 66.9 Å². The molecule has 0 bridgehead atoms. The number of carbonyl (C=O) groups excluding carboxylic acids is 2. The number of carbonyl (C=O) groups is 3. The third-order valence-electron chi connectivity index (χ3n) is 9.13. The van der Waals surface area contributed by atoms with Crippen molar-refractivity contribution in [2.24, 2.45) is 0 Å². The average Bonchev–Trinajstić information content (AvgIpc) is 3.49. The van der Waals surface area contributed by atoms with Gasteiger partial charge in [0.05, 0.1) is 23.3 Å². The Morgan fingerprint density at radius 1 is 1.04 bits per heavy atom. The van der Waals surface area contributed by atoms with Crippen LogP contribution in [0.3, 0.4) is 0 Å². The van der Waals surface area contributed by atoms with Crippen LogP contribution in [0.4, 0.5) is 21.6 Å². The largest absolute Gasteiger partial charge is 0.478 e. The molecule has 4 N–H and O–H groups in total. The first kappa shape index (κ1) is 34.9. The number of hydrogen-bond donors (Lipinski definition) is 3. The average molecular weight is 704 g/mol. The highest BCUT2D eigenvalue weighted by molar-refractivity contribution is 6.30. The van der Waals surface area contributed by atoms with Crippen molar-refractivity contribution < 1.29 is 28.6 Å². The topological polar surface area (TPSA) is 146 Å². The molecule has 1 fully saturated rings. The molecule has 0 radical (unpaired) electrons. The molecule has 4 aromatic rings. The molecule has 3 aromatic carbocycles. The third-order valence-corrected chi connectivity index (χ3v) is 9.42. The number of halogens is 2. The first-order valence-corrected chi connectivity index (χ1v) is 16.8. The second-order valence-corrected chi connectivity index (χ2v) is 13.1. The second-order valence-electron chi connectivity index (χ2n) is 12.7. The van der Waals surface area contributed by atoms with Crippen LogP contribution >= 0.6 is 11.6 Å². The lowest BCUT2D eigenvalue weighted by molar-refractivity contribution is -0.121. The van der Waals surface area contributed by atoms with Crippen molar-refractivity contribution in [3.8, 4) is 5.69 Å². The summed E-state index contributed by atoms with van der Waals surface area (Å²) in [6.45, 7) is 3.30. The number of hydrogen-bond acceptors (Lipinski definition) is 8. The minimum atomic E-state index is -1.09. The Morgan fingerprint density at radius 2 is 1.74 bits per heavy atom. The molecule has 3 heterocycles. The van der Waals surface area contributed by atoms with Crippen LogP contribution in [0.1, 0.15) is 50.7 Å². The number of ether oxygens (including phenoxy) is 1. The van der Waals surface area contributed by atoms with E-state index < -0.39 is 29.6 Å². The molecular formula is C36H39ClFN7O5. The normalized spacial score (nSPS) is 16.4. The van der Waals surface area contributed by atoms with Gasteiger partial charge in [-0.3, -0.25) is 9.59 Å². The summed E-state index contributed by atoms with van der Waals surface area (Å²) in [7, 11) is 4.04. The number of carboxylic acids is 1. The van der Waals surface area contributed by atoms with Gasteiger partial charge < -0.3 is 35.6 Å². The minimum absolute atomic E-state index is 0.00364. The molecule has 14 heteroatoms. The fourth-order valence-electron chi connectivity index (χ4n) is 6.52. The quantitative estimate of drug-likeness (QED) is 0.211. The van der Waals surface area contributed by atoms with Crippen LogP contribution in [0, 0.1) is 5.82 Å². The lowest BCUT2D eigenvalue weighted by Crippen LogP contribution is -2.46. The number of aromatic carboxylic acids is 1. The number of nitrogen functional groups attached to an aromatic ring is 1. The van der Waals surface area contributed by atoms with Crippen molar-refractivity contribution in [3.05, 3.63) is 100.0 Å². The van der Waals surface area contributed by atoms with E-state index in [4.69, 9.17) is 22.1 Å². The Balaban J connectivity index is 1.31. The SMILES string of the molecule is CN(C)CCOC1CCN(c2cccc3c2CCN(C(=O)c2cn(-c4cccc(Cl)c4F)nc2N)C3C(=O)Nc2ccc(C(=O)O)cc2)CC1. The van der Waals surface area contributed by atoms with Crippen molar-refractivity contribution in [3.63, 3.8) is 0 Å². The zero-order valence-corrected chi connectivity index (χ0v) is 28.6. The molecule has 2 aliphatic heterocycles. The van der Waals surface area contributed by atoms with Crippen molar-refractivity contribution in [1.82, 2.24) is 19.6 Å². The molecule has 6 rings (SSSR count). The lowest BCUT2D eigenvalue weighted by atomic mass is 9.89. The summed E-state index contributed by atoms with van der Waals surface area (Å²) in [5.74, 6) is -2.98. The van der Waals surface area contributed by atoms with Crippen LogP contribution in [0.25, 0.3) is 5.69 Å². The summed E-state index contributed by atoms with van der Waals surface area (Å²) in [4.78, 5) is 45.7. The number of rotatable bonds is 10. The Hall–Kier alpha value is -4.98. The van der Waals surface area contributed by atoms with Gasteiger partial charge in [-0.15, -0.1) is 5.10 Å². The predicted octanol–water partition coefficient (Wildman–Crippen LogP) is 4.87. The molecule has 2 aliphatic rings. The van der Waals surface area contributed by atoms with Crippen LogP contribution in [-0.4, -0.2) is 95.5 Å². The third kappa shape index (κ3) is 7.30. The number of benzene rings is 3. The Morgan fingerprint density at radius 3 is 2.44 bits per heavy atom. The summed E-state index contributed by atoms with van der Waals surface area (Å²) < 4.78 is 22.1. The number of nitrogens with two attached hydrogens (primary N) is 1. The Labute approximate surface area is 294 Å². The maximum atomic E-state index is 14.9. The summed E-state index contributed by atoms with van der Waals surface area (Å²) in [6, 6.07) is 14.9. The van der Waals surface area contributed by atoms with Gasteiger partial charge in [0.1, 0.15) is 17.3 Å². The van der Waals surface area contributed by atoms with Gasteiger partial charge >= 0.3 is 5.97 Å². The molecule has 1 unspecified atom stereocenters. The standard InChI is InChI=1S/C36H39ClFN7O5/c1-42(2)19-20-50-24-13-16-43(17-14-24)29-7-3-5-26-25(29)15-18-44(32(26)34(46)40-23-11-9-22(10-12-23)36(48)49)35(47)27-21-45(41-33(27)39)30-8-4-6-28(37)31(30)38/h3-12,21,24,32H,13-20H2,1-2H3,(H2,39,41)(H,40,46)(H,48,49). The van der Waals surface area contributed by atoms with Crippen molar-refractivity contribution in [2.75, 3.05) is 62.8 Å². The van der Waals surface area contributed by atoms with Crippen LogP contribution < -0.4 is 16.0 Å². The molecule has 1 atom stereocenters. The highest BCUT2D eigenvalue weighted by Crippen LogP contribution is 2.38. The van der Waals surface area contributed by atoms with E-state index in [1.165, 1.54) is 47.5 Å². The fourth-order valence-corrected chi connectivity index (χ4v) is 6.69. The van der Waals surface area contributed by atoms with Gasteiger partial charge in [-0.05, 0) is 86.9 Å². The number of amides is 2. The van der Waals surface area contributed by atoms with Crippen LogP contribution in [0.5, 0.6) is 0 Å². The smallest absolute Gasteiger partial charge is 0.335 e. The monoisotopic (exact) mass is 703 g/mol. The number of nitrogens with one attached hydrogen (secondary N) is 1. The van der Waals surface area contributed by atoms with E-state index in [9.17, 15) is 23.9 Å². The summed E-state index contributed by atoms with van der Waals surface area (Å²) in [5, 5.41) is 16.3. The number of likely N-dealkylation sites (N-methyl/N-ethyl adjacent to an activating group) is 1. The van der Waals surface area contributed by atoms with Crippen molar-refractivity contribution in [2.45, 2.75) is 31.4 Å². The highest BCUT2D eigenvalue weighted by atomic mass is 35.5. The first-order chi connectivity index (χ1) is 24.0.